The smallest absolute Gasteiger partial charge is 0.251 e. The molecule has 5 heteroatoms. The molecule has 120 valence electrons. The fourth-order valence-corrected chi connectivity index (χ4v) is 3.42. The number of nitrogens with two attached hydrogens (primary N) is 1. The molecule has 1 aliphatic carbocycles. The van der Waals surface area contributed by atoms with Gasteiger partial charge < -0.3 is 10.8 Å². The van der Waals surface area contributed by atoms with Gasteiger partial charge in [-0.25, -0.2) is 8.78 Å². The molecule has 1 saturated carbocycles. The third-order valence-corrected chi connectivity index (χ3v) is 4.71. The van der Waals surface area contributed by atoms with Gasteiger partial charge in [-0.1, -0.05) is 20.8 Å². The lowest BCUT2D eigenvalue weighted by atomic mass is 9.67. The number of halogens is 2. The zero-order valence-electron chi connectivity index (χ0n) is 13.0. The quantitative estimate of drug-likeness (QED) is 0.790. The fraction of sp³-hybridized carbons (Fsp3) is 1.00. The Morgan fingerprint density at radius 3 is 2.40 bits per heavy atom. The molecule has 0 aliphatic heterocycles. The normalized spacial score (nSPS) is 28.4. The number of aliphatic hydroxyl groups excluding tert-OH is 1. The first kappa shape index (κ1) is 17.8. The van der Waals surface area contributed by atoms with Gasteiger partial charge in [0, 0.05) is 12.6 Å². The van der Waals surface area contributed by atoms with Gasteiger partial charge in [-0.15, -0.1) is 0 Å². The maximum absolute atomic E-state index is 12.8. The minimum atomic E-state index is -2.37. The average molecular weight is 292 g/mol. The molecule has 3 atom stereocenters. The molecule has 0 radical (unpaired) electrons. The van der Waals surface area contributed by atoms with Crippen LogP contribution in [-0.2, 0) is 0 Å². The third-order valence-electron chi connectivity index (χ3n) is 4.71. The maximum atomic E-state index is 12.8. The Hall–Kier alpha value is -0.260. The van der Waals surface area contributed by atoms with Crippen LogP contribution >= 0.6 is 0 Å². The van der Waals surface area contributed by atoms with E-state index in [1.165, 1.54) is 0 Å². The minimum absolute atomic E-state index is 0.0686. The van der Waals surface area contributed by atoms with E-state index >= 15 is 0 Å². The Balaban J connectivity index is 2.82. The van der Waals surface area contributed by atoms with E-state index in [2.05, 4.69) is 20.8 Å². The molecule has 0 bridgehead atoms. The highest BCUT2D eigenvalue weighted by atomic mass is 19.3. The van der Waals surface area contributed by atoms with E-state index in [9.17, 15) is 8.78 Å². The van der Waals surface area contributed by atoms with Gasteiger partial charge in [0.25, 0.3) is 6.43 Å². The van der Waals surface area contributed by atoms with E-state index in [0.29, 0.717) is 19.0 Å². The van der Waals surface area contributed by atoms with Gasteiger partial charge >= 0.3 is 0 Å². The van der Waals surface area contributed by atoms with Crippen molar-refractivity contribution < 1.29 is 13.9 Å². The highest BCUT2D eigenvalue weighted by Crippen LogP contribution is 2.41. The van der Waals surface area contributed by atoms with Gasteiger partial charge in [0.15, 0.2) is 0 Å². The molecule has 0 amide bonds. The Kier molecular flexibility index (Phi) is 6.82. The number of hydrogen-bond acceptors (Lipinski definition) is 3. The zero-order valence-corrected chi connectivity index (χ0v) is 13.0. The van der Waals surface area contributed by atoms with Gasteiger partial charge in [0.1, 0.15) is 0 Å². The number of rotatable bonds is 6. The van der Waals surface area contributed by atoms with Crippen molar-refractivity contribution >= 4 is 0 Å². The van der Waals surface area contributed by atoms with Crippen molar-refractivity contribution in [3.8, 4) is 0 Å². The number of aliphatic hydroxyl groups is 1. The molecule has 3 nitrogen and oxygen atoms in total. The lowest BCUT2D eigenvalue weighted by Gasteiger charge is -2.46. The lowest BCUT2D eigenvalue weighted by molar-refractivity contribution is 0.000372. The Morgan fingerprint density at radius 1 is 1.30 bits per heavy atom. The topological polar surface area (TPSA) is 49.5 Å². The molecule has 3 N–H and O–H groups in total. The van der Waals surface area contributed by atoms with Crippen molar-refractivity contribution in [2.45, 2.75) is 52.5 Å². The second-order valence-corrected chi connectivity index (χ2v) is 7.05. The summed E-state index contributed by atoms with van der Waals surface area (Å²) in [5.41, 5.74) is 6.02. The van der Waals surface area contributed by atoms with E-state index in [-0.39, 0.29) is 30.5 Å². The van der Waals surface area contributed by atoms with Gasteiger partial charge in [0.05, 0.1) is 13.2 Å². The Morgan fingerprint density at radius 2 is 1.95 bits per heavy atom. The van der Waals surface area contributed by atoms with Crippen molar-refractivity contribution in [3.05, 3.63) is 0 Å². The van der Waals surface area contributed by atoms with Crippen LogP contribution in [0.2, 0.25) is 0 Å². The first-order chi connectivity index (χ1) is 9.29. The van der Waals surface area contributed by atoms with Crippen LogP contribution in [0.5, 0.6) is 0 Å². The van der Waals surface area contributed by atoms with Gasteiger partial charge in [-0.3, -0.25) is 4.90 Å². The average Bonchev–Trinajstić information content (AvgIpc) is 2.36. The van der Waals surface area contributed by atoms with Crippen LogP contribution in [0, 0.1) is 17.3 Å². The summed E-state index contributed by atoms with van der Waals surface area (Å²) in [6.45, 7) is 7.12. The Bertz CT molecular complexity index is 282. The van der Waals surface area contributed by atoms with E-state index < -0.39 is 6.43 Å². The number of nitrogens with zero attached hydrogens (tertiary/aromatic N) is 1. The summed E-state index contributed by atoms with van der Waals surface area (Å²) >= 11 is 0. The molecule has 1 aliphatic rings. The SMILES string of the molecule is CC(C)(C)C1CCC(CN)C(N(CCO)CC(F)F)C1. The maximum Gasteiger partial charge on any atom is 0.251 e. The molecule has 3 unspecified atom stereocenters. The van der Waals surface area contributed by atoms with E-state index in [0.717, 1.165) is 19.3 Å². The monoisotopic (exact) mass is 292 g/mol. The van der Waals surface area contributed by atoms with Gasteiger partial charge in [-0.2, -0.15) is 0 Å². The molecule has 1 rings (SSSR count). The van der Waals surface area contributed by atoms with E-state index in [4.69, 9.17) is 10.8 Å². The fourth-order valence-electron chi connectivity index (χ4n) is 3.42. The first-order valence-electron chi connectivity index (χ1n) is 7.62. The molecule has 0 aromatic carbocycles. The predicted octanol–water partition coefficient (Wildman–Crippen LogP) is 2.34. The van der Waals surface area contributed by atoms with Gasteiger partial charge in [0.2, 0.25) is 0 Å². The number of alkyl halides is 2. The molecule has 20 heavy (non-hydrogen) atoms. The summed E-state index contributed by atoms with van der Waals surface area (Å²) in [4.78, 5) is 1.75. The van der Waals surface area contributed by atoms with Crippen LogP contribution in [0.25, 0.3) is 0 Å². The second kappa shape index (κ2) is 7.66. The van der Waals surface area contributed by atoms with Crippen molar-refractivity contribution in [3.63, 3.8) is 0 Å². The molecule has 0 aromatic rings. The van der Waals surface area contributed by atoms with Gasteiger partial charge in [-0.05, 0) is 43.1 Å². The molecule has 0 spiro atoms. The molecular formula is C15H30F2N2O. The van der Waals surface area contributed by atoms with Crippen molar-refractivity contribution in [2.75, 3.05) is 26.2 Å². The highest BCUT2D eigenvalue weighted by Gasteiger charge is 2.38. The standard InChI is InChI=1S/C15H30F2N2O/c1-15(2,3)12-5-4-11(9-18)13(8-12)19(6-7-20)10-14(16)17/h11-14,20H,4-10,18H2,1-3H3. The minimum Gasteiger partial charge on any atom is -0.395 e. The van der Waals surface area contributed by atoms with Crippen LogP contribution < -0.4 is 5.73 Å². The third kappa shape index (κ3) is 4.93. The van der Waals surface area contributed by atoms with Crippen LogP contribution in [0.4, 0.5) is 8.78 Å². The molecule has 0 saturated heterocycles. The van der Waals surface area contributed by atoms with Crippen LogP contribution in [0.1, 0.15) is 40.0 Å². The summed E-state index contributed by atoms with van der Waals surface area (Å²) in [6, 6.07) is 0.0686. The lowest BCUT2D eigenvalue weighted by Crippen LogP contribution is -2.50. The first-order valence-corrected chi connectivity index (χ1v) is 7.62. The van der Waals surface area contributed by atoms with E-state index in [1.54, 1.807) is 4.90 Å². The summed E-state index contributed by atoms with van der Waals surface area (Å²) < 4.78 is 25.5. The van der Waals surface area contributed by atoms with Crippen molar-refractivity contribution in [1.82, 2.24) is 4.90 Å². The van der Waals surface area contributed by atoms with Crippen molar-refractivity contribution in [2.24, 2.45) is 23.0 Å². The summed E-state index contributed by atoms with van der Waals surface area (Å²) in [7, 11) is 0. The molecule has 0 aromatic heterocycles. The van der Waals surface area contributed by atoms with Crippen molar-refractivity contribution in [1.29, 1.82) is 0 Å². The predicted molar refractivity (Wildman–Crippen MR) is 77.8 cm³/mol. The highest BCUT2D eigenvalue weighted by molar-refractivity contribution is 4.91. The second-order valence-electron chi connectivity index (χ2n) is 7.05. The van der Waals surface area contributed by atoms with E-state index in [1.807, 2.05) is 0 Å². The summed E-state index contributed by atoms with van der Waals surface area (Å²) in [5, 5.41) is 9.15. The summed E-state index contributed by atoms with van der Waals surface area (Å²) in [6.07, 6.45) is 0.644. The van der Waals surface area contributed by atoms with Crippen LogP contribution in [0.15, 0.2) is 0 Å². The molecular weight excluding hydrogens is 262 g/mol. The number of hydrogen-bond donors (Lipinski definition) is 2. The molecule has 0 heterocycles. The van der Waals surface area contributed by atoms with Crippen LogP contribution in [0.3, 0.4) is 0 Å². The van der Waals surface area contributed by atoms with Crippen LogP contribution in [-0.4, -0.2) is 48.7 Å². The Labute approximate surface area is 121 Å². The zero-order chi connectivity index (χ0) is 15.3. The molecule has 1 fully saturated rings. The summed E-state index contributed by atoms with van der Waals surface area (Å²) in [5.74, 6) is 0.785. The largest absolute Gasteiger partial charge is 0.395 e.